The number of hydrogen-bond donors (Lipinski definition) is 2. The molecule has 12 heteroatoms. The number of carbonyl (C=O) groups is 2. The summed E-state index contributed by atoms with van der Waals surface area (Å²) < 4.78 is 42.2. The molecule has 1 saturated carbocycles. The fraction of sp³-hybridized carbons (Fsp3) is 0.579. The lowest BCUT2D eigenvalue weighted by atomic mass is 10.2. The highest BCUT2D eigenvalue weighted by Crippen LogP contribution is 2.47. The van der Waals surface area contributed by atoms with Crippen LogP contribution in [-0.4, -0.2) is 37.9 Å². The third kappa shape index (κ3) is 5.46. The lowest BCUT2D eigenvalue weighted by Crippen LogP contribution is -2.30. The summed E-state index contributed by atoms with van der Waals surface area (Å²) in [6.45, 7) is 4.37. The van der Waals surface area contributed by atoms with Gasteiger partial charge in [-0.15, -0.1) is 0 Å². The highest BCUT2D eigenvalue weighted by molar-refractivity contribution is 9.10. The monoisotopic (exact) mass is 504 g/mol. The third-order valence-corrected chi connectivity index (χ3v) is 5.60. The summed E-state index contributed by atoms with van der Waals surface area (Å²) in [6.07, 6.45) is -1.74. The van der Waals surface area contributed by atoms with E-state index in [9.17, 15) is 22.8 Å². The SMILES string of the molecule is CC(C)CNC(=O)c1c(NC(=O)CCn2nc(C(F)(F)F)c(Br)c2C2CC2)cnn1C. The first-order chi connectivity index (χ1) is 14.5. The van der Waals surface area contributed by atoms with Gasteiger partial charge in [0.25, 0.3) is 5.91 Å². The van der Waals surface area contributed by atoms with Crippen molar-refractivity contribution in [1.29, 1.82) is 0 Å². The molecule has 2 aromatic heterocycles. The zero-order valence-corrected chi connectivity index (χ0v) is 19.0. The molecule has 2 heterocycles. The number of hydrogen-bond acceptors (Lipinski definition) is 4. The molecular weight excluding hydrogens is 481 g/mol. The molecule has 170 valence electrons. The topological polar surface area (TPSA) is 93.8 Å². The summed E-state index contributed by atoms with van der Waals surface area (Å²) in [5.41, 5.74) is -0.0657. The van der Waals surface area contributed by atoms with Crippen molar-refractivity contribution < 1.29 is 22.8 Å². The minimum absolute atomic E-state index is 0.00983. The number of nitrogens with one attached hydrogen (secondary N) is 2. The van der Waals surface area contributed by atoms with Crippen LogP contribution in [0, 0.1) is 5.92 Å². The van der Waals surface area contributed by atoms with Gasteiger partial charge in [-0.2, -0.15) is 23.4 Å². The van der Waals surface area contributed by atoms with Crippen molar-refractivity contribution in [1.82, 2.24) is 24.9 Å². The summed E-state index contributed by atoms with van der Waals surface area (Å²) >= 11 is 3.03. The molecule has 2 amide bonds. The quantitative estimate of drug-likeness (QED) is 0.573. The Morgan fingerprint density at radius 3 is 2.58 bits per heavy atom. The highest BCUT2D eigenvalue weighted by Gasteiger charge is 2.41. The zero-order chi connectivity index (χ0) is 22.9. The molecule has 0 radical (unpaired) electrons. The van der Waals surface area contributed by atoms with Gasteiger partial charge in [0.1, 0.15) is 5.69 Å². The first kappa shape index (κ1) is 23.3. The molecule has 1 aliphatic carbocycles. The number of aromatic nitrogens is 4. The van der Waals surface area contributed by atoms with E-state index in [4.69, 9.17) is 0 Å². The summed E-state index contributed by atoms with van der Waals surface area (Å²) in [5, 5.41) is 13.1. The highest BCUT2D eigenvalue weighted by atomic mass is 79.9. The van der Waals surface area contributed by atoms with E-state index in [-0.39, 0.29) is 46.6 Å². The fourth-order valence-electron chi connectivity index (χ4n) is 3.15. The number of halogens is 4. The average Bonchev–Trinajstić information content (AvgIpc) is 3.35. The molecule has 1 aliphatic rings. The second kappa shape index (κ2) is 9.01. The zero-order valence-electron chi connectivity index (χ0n) is 17.4. The lowest BCUT2D eigenvalue weighted by Gasteiger charge is -2.11. The number of nitrogens with zero attached hydrogens (tertiary/aromatic N) is 4. The number of rotatable bonds is 8. The molecule has 8 nitrogen and oxygen atoms in total. The Bertz CT molecular complexity index is 978. The van der Waals surface area contributed by atoms with Crippen LogP contribution in [0.2, 0.25) is 0 Å². The van der Waals surface area contributed by atoms with Crippen molar-refractivity contribution >= 4 is 33.4 Å². The molecule has 0 unspecified atom stereocenters. The van der Waals surface area contributed by atoms with Crippen LogP contribution < -0.4 is 10.6 Å². The average molecular weight is 505 g/mol. The van der Waals surface area contributed by atoms with Crippen molar-refractivity contribution in [3.05, 3.63) is 27.8 Å². The Hall–Kier alpha value is -2.37. The first-order valence-electron chi connectivity index (χ1n) is 9.92. The van der Waals surface area contributed by atoms with Gasteiger partial charge in [-0.1, -0.05) is 13.8 Å². The van der Waals surface area contributed by atoms with E-state index in [0.29, 0.717) is 12.2 Å². The fourth-order valence-corrected chi connectivity index (χ4v) is 3.98. The minimum Gasteiger partial charge on any atom is -0.350 e. The van der Waals surface area contributed by atoms with Crippen LogP contribution in [0.4, 0.5) is 18.9 Å². The van der Waals surface area contributed by atoms with Crippen LogP contribution in [0.3, 0.4) is 0 Å². The van der Waals surface area contributed by atoms with Crippen LogP contribution in [0.1, 0.15) is 60.9 Å². The van der Waals surface area contributed by atoms with E-state index in [1.165, 1.54) is 15.6 Å². The van der Waals surface area contributed by atoms with Gasteiger partial charge < -0.3 is 10.6 Å². The van der Waals surface area contributed by atoms with Gasteiger partial charge in [0.2, 0.25) is 5.91 Å². The maximum absolute atomic E-state index is 13.2. The smallest absolute Gasteiger partial charge is 0.350 e. The molecule has 0 spiro atoms. The summed E-state index contributed by atoms with van der Waals surface area (Å²) in [7, 11) is 1.59. The number of alkyl halides is 3. The van der Waals surface area contributed by atoms with Crippen molar-refractivity contribution in [2.45, 2.75) is 51.7 Å². The van der Waals surface area contributed by atoms with E-state index in [2.05, 4.69) is 36.8 Å². The van der Waals surface area contributed by atoms with Crippen molar-refractivity contribution in [2.24, 2.45) is 13.0 Å². The van der Waals surface area contributed by atoms with Gasteiger partial charge in [-0.25, -0.2) is 0 Å². The normalized spacial score (nSPS) is 14.2. The van der Waals surface area contributed by atoms with Crippen molar-refractivity contribution in [2.75, 3.05) is 11.9 Å². The lowest BCUT2D eigenvalue weighted by molar-refractivity contribution is -0.142. The molecule has 0 aromatic carbocycles. The Morgan fingerprint density at radius 2 is 2.00 bits per heavy atom. The Morgan fingerprint density at radius 1 is 1.32 bits per heavy atom. The molecule has 2 N–H and O–H groups in total. The standard InChI is InChI=1S/C19H24BrF3N6O2/c1-10(2)8-24-18(31)16-12(9-25-28(16)3)26-13(30)6-7-29-15(11-4-5-11)14(20)17(27-29)19(21,22)23/h9-11H,4-8H2,1-3H3,(H,24,31)(H,26,30). The largest absolute Gasteiger partial charge is 0.436 e. The van der Waals surface area contributed by atoms with E-state index in [0.717, 1.165) is 12.8 Å². The van der Waals surface area contributed by atoms with Gasteiger partial charge in [-0.3, -0.25) is 19.0 Å². The summed E-state index contributed by atoms with van der Waals surface area (Å²) in [4.78, 5) is 24.9. The van der Waals surface area contributed by atoms with Gasteiger partial charge in [0, 0.05) is 25.9 Å². The van der Waals surface area contributed by atoms with Gasteiger partial charge in [0.15, 0.2) is 5.69 Å². The number of aryl methyl sites for hydroxylation is 2. The number of anilines is 1. The van der Waals surface area contributed by atoms with E-state index in [1.54, 1.807) is 7.05 Å². The van der Waals surface area contributed by atoms with E-state index in [1.807, 2.05) is 13.8 Å². The van der Waals surface area contributed by atoms with Crippen molar-refractivity contribution in [3.8, 4) is 0 Å². The summed E-state index contributed by atoms with van der Waals surface area (Å²) in [6, 6.07) is 0. The molecule has 0 atom stereocenters. The van der Waals surface area contributed by atoms with Crippen LogP contribution in [0.15, 0.2) is 10.7 Å². The van der Waals surface area contributed by atoms with Crippen LogP contribution >= 0.6 is 15.9 Å². The van der Waals surface area contributed by atoms with Gasteiger partial charge in [0.05, 0.1) is 28.6 Å². The maximum Gasteiger partial charge on any atom is 0.436 e. The molecule has 0 saturated heterocycles. The minimum atomic E-state index is -4.58. The molecule has 3 rings (SSSR count). The Kier molecular flexibility index (Phi) is 6.77. The van der Waals surface area contributed by atoms with Crippen molar-refractivity contribution in [3.63, 3.8) is 0 Å². The maximum atomic E-state index is 13.2. The van der Waals surface area contributed by atoms with Gasteiger partial charge in [-0.05, 0) is 34.7 Å². The molecule has 1 fully saturated rings. The second-order valence-electron chi connectivity index (χ2n) is 7.98. The first-order valence-corrected chi connectivity index (χ1v) is 10.7. The number of amides is 2. The van der Waals surface area contributed by atoms with E-state index < -0.39 is 17.8 Å². The van der Waals surface area contributed by atoms with Crippen LogP contribution in [-0.2, 0) is 24.6 Å². The van der Waals surface area contributed by atoms with Crippen LogP contribution in [0.25, 0.3) is 0 Å². The Balaban J connectivity index is 1.69. The second-order valence-corrected chi connectivity index (χ2v) is 8.77. The summed E-state index contributed by atoms with van der Waals surface area (Å²) in [5.74, 6) is -0.555. The Labute approximate surface area is 185 Å². The number of carbonyl (C=O) groups excluding carboxylic acids is 2. The van der Waals surface area contributed by atoms with Gasteiger partial charge >= 0.3 is 6.18 Å². The predicted molar refractivity (Wildman–Crippen MR) is 111 cm³/mol. The molecular formula is C19H24BrF3N6O2. The molecule has 31 heavy (non-hydrogen) atoms. The molecule has 2 aromatic rings. The molecule has 0 bridgehead atoms. The third-order valence-electron chi connectivity index (χ3n) is 4.81. The van der Waals surface area contributed by atoms with E-state index >= 15 is 0 Å². The van der Waals surface area contributed by atoms with Crippen LogP contribution in [0.5, 0.6) is 0 Å². The molecule has 0 aliphatic heterocycles. The predicted octanol–water partition coefficient (Wildman–Crippen LogP) is 3.69.